The van der Waals surface area contributed by atoms with Gasteiger partial charge in [0.2, 0.25) is 0 Å². The first kappa shape index (κ1) is 10.5. The van der Waals surface area contributed by atoms with E-state index in [9.17, 15) is 8.78 Å². The SMILES string of the molecule is NCCC#Cc1cc(F)c(F)cc1N. The normalized spacial score (nSPS) is 9.36. The Morgan fingerprint density at radius 1 is 1.21 bits per heavy atom. The van der Waals surface area contributed by atoms with Gasteiger partial charge in [-0.1, -0.05) is 11.8 Å². The standard InChI is InChI=1S/C10H10F2N2/c11-8-5-7(3-1-2-4-13)10(14)6-9(8)12/h5-6H,2,4,13-14H2. The highest BCUT2D eigenvalue weighted by molar-refractivity contribution is 5.56. The van der Waals surface area contributed by atoms with Gasteiger partial charge in [-0.25, -0.2) is 8.78 Å². The van der Waals surface area contributed by atoms with Crippen LogP contribution in [0.5, 0.6) is 0 Å². The fourth-order valence-electron chi connectivity index (χ4n) is 0.900. The van der Waals surface area contributed by atoms with Crippen LogP contribution in [0, 0.1) is 23.5 Å². The minimum absolute atomic E-state index is 0.133. The van der Waals surface area contributed by atoms with Crippen molar-refractivity contribution in [2.24, 2.45) is 5.73 Å². The number of nitrogens with two attached hydrogens (primary N) is 2. The molecule has 0 saturated carbocycles. The van der Waals surface area contributed by atoms with Gasteiger partial charge < -0.3 is 11.5 Å². The average molecular weight is 196 g/mol. The van der Waals surface area contributed by atoms with Crippen molar-refractivity contribution in [1.29, 1.82) is 0 Å². The van der Waals surface area contributed by atoms with Gasteiger partial charge >= 0.3 is 0 Å². The van der Waals surface area contributed by atoms with Gasteiger partial charge in [-0.05, 0) is 6.07 Å². The molecule has 4 heteroatoms. The summed E-state index contributed by atoms with van der Waals surface area (Å²) in [4.78, 5) is 0. The van der Waals surface area contributed by atoms with Gasteiger partial charge in [-0.3, -0.25) is 0 Å². The fourth-order valence-corrected chi connectivity index (χ4v) is 0.900. The molecule has 0 unspecified atom stereocenters. The Balaban J connectivity index is 3.00. The number of hydrogen-bond donors (Lipinski definition) is 2. The molecule has 1 rings (SSSR count). The number of nitrogen functional groups attached to an aromatic ring is 1. The van der Waals surface area contributed by atoms with Crippen LogP contribution in [-0.4, -0.2) is 6.54 Å². The van der Waals surface area contributed by atoms with Crippen molar-refractivity contribution in [3.63, 3.8) is 0 Å². The predicted octanol–water partition coefficient (Wildman–Crippen LogP) is 1.25. The van der Waals surface area contributed by atoms with E-state index in [-0.39, 0.29) is 11.3 Å². The van der Waals surface area contributed by atoms with E-state index in [0.29, 0.717) is 13.0 Å². The molecule has 0 aromatic heterocycles. The molecule has 0 aliphatic carbocycles. The number of anilines is 1. The molecule has 0 saturated heterocycles. The van der Waals surface area contributed by atoms with E-state index in [1.807, 2.05) is 0 Å². The monoisotopic (exact) mass is 196 g/mol. The van der Waals surface area contributed by atoms with E-state index in [2.05, 4.69) is 11.8 Å². The molecule has 0 aliphatic heterocycles. The van der Waals surface area contributed by atoms with Crippen LogP contribution in [0.25, 0.3) is 0 Å². The first-order valence-corrected chi connectivity index (χ1v) is 4.08. The van der Waals surface area contributed by atoms with Crippen LogP contribution >= 0.6 is 0 Å². The molecular formula is C10H10F2N2. The molecule has 0 spiro atoms. The van der Waals surface area contributed by atoms with Crippen molar-refractivity contribution in [2.75, 3.05) is 12.3 Å². The Labute approximate surface area is 80.9 Å². The average Bonchev–Trinajstić information content (AvgIpc) is 2.14. The molecule has 0 amide bonds. The molecule has 0 radical (unpaired) electrons. The van der Waals surface area contributed by atoms with E-state index in [4.69, 9.17) is 11.5 Å². The summed E-state index contributed by atoms with van der Waals surface area (Å²) in [7, 11) is 0. The highest BCUT2D eigenvalue weighted by Gasteiger charge is 2.05. The number of halogens is 2. The van der Waals surface area contributed by atoms with Gasteiger partial charge in [-0.2, -0.15) is 0 Å². The first-order valence-electron chi connectivity index (χ1n) is 4.08. The molecule has 1 aromatic carbocycles. The zero-order valence-corrected chi connectivity index (χ0v) is 7.48. The highest BCUT2D eigenvalue weighted by atomic mass is 19.2. The predicted molar refractivity (Wildman–Crippen MR) is 51.3 cm³/mol. The molecule has 1 aromatic rings. The summed E-state index contributed by atoms with van der Waals surface area (Å²) < 4.78 is 25.4. The minimum Gasteiger partial charge on any atom is -0.398 e. The van der Waals surface area contributed by atoms with Crippen LogP contribution < -0.4 is 11.5 Å². The smallest absolute Gasteiger partial charge is 0.160 e. The van der Waals surface area contributed by atoms with E-state index in [1.165, 1.54) is 0 Å². The summed E-state index contributed by atoms with van der Waals surface area (Å²) in [6.45, 7) is 0.427. The Hall–Kier alpha value is -1.60. The number of hydrogen-bond acceptors (Lipinski definition) is 2. The zero-order chi connectivity index (χ0) is 10.6. The molecular weight excluding hydrogens is 186 g/mol. The maximum Gasteiger partial charge on any atom is 0.160 e. The Morgan fingerprint density at radius 3 is 2.50 bits per heavy atom. The number of rotatable bonds is 1. The third kappa shape index (κ3) is 2.44. The second-order valence-corrected chi connectivity index (χ2v) is 2.69. The third-order valence-corrected chi connectivity index (χ3v) is 1.58. The van der Waals surface area contributed by atoms with Crippen molar-refractivity contribution in [3.05, 3.63) is 29.3 Å². The lowest BCUT2D eigenvalue weighted by Crippen LogP contribution is -1.97. The third-order valence-electron chi connectivity index (χ3n) is 1.58. The van der Waals surface area contributed by atoms with Gasteiger partial charge in [0.15, 0.2) is 11.6 Å². The second-order valence-electron chi connectivity index (χ2n) is 2.69. The van der Waals surface area contributed by atoms with Crippen LogP contribution in [0.3, 0.4) is 0 Å². The van der Waals surface area contributed by atoms with Gasteiger partial charge in [0.25, 0.3) is 0 Å². The maximum atomic E-state index is 12.7. The van der Waals surface area contributed by atoms with Gasteiger partial charge in [0, 0.05) is 19.0 Å². The molecule has 14 heavy (non-hydrogen) atoms. The van der Waals surface area contributed by atoms with E-state index in [0.717, 1.165) is 12.1 Å². The van der Waals surface area contributed by atoms with Crippen LogP contribution in [0.1, 0.15) is 12.0 Å². The van der Waals surface area contributed by atoms with E-state index >= 15 is 0 Å². The maximum absolute atomic E-state index is 12.7. The summed E-state index contributed by atoms with van der Waals surface area (Å²) >= 11 is 0. The van der Waals surface area contributed by atoms with Crippen molar-refractivity contribution in [3.8, 4) is 11.8 Å². The van der Waals surface area contributed by atoms with Gasteiger partial charge in [-0.15, -0.1) is 0 Å². The molecule has 74 valence electrons. The summed E-state index contributed by atoms with van der Waals surface area (Å²) in [5.74, 6) is 3.40. The molecule has 4 N–H and O–H groups in total. The van der Waals surface area contributed by atoms with E-state index < -0.39 is 11.6 Å². The van der Waals surface area contributed by atoms with Crippen molar-refractivity contribution < 1.29 is 8.78 Å². The minimum atomic E-state index is -0.966. The van der Waals surface area contributed by atoms with Gasteiger partial charge in [0.1, 0.15) is 0 Å². The lowest BCUT2D eigenvalue weighted by atomic mass is 10.1. The first-order chi connectivity index (χ1) is 6.65. The number of benzene rings is 1. The summed E-state index contributed by atoms with van der Waals surface area (Å²) in [6, 6.07) is 1.90. The summed E-state index contributed by atoms with van der Waals surface area (Å²) in [5, 5.41) is 0. The van der Waals surface area contributed by atoms with Crippen molar-refractivity contribution >= 4 is 5.69 Å². The molecule has 0 atom stereocenters. The quantitative estimate of drug-likeness (QED) is 0.524. The summed E-state index contributed by atoms with van der Waals surface area (Å²) in [5.41, 5.74) is 11.1. The molecule has 2 nitrogen and oxygen atoms in total. The Bertz CT molecular complexity index is 391. The van der Waals surface area contributed by atoms with Crippen LogP contribution in [-0.2, 0) is 0 Å². The molecule has 0 bridgehead atoms. The molecule has 0 aliphatic rings. The topological polar surface area (TPSA) is 52.0 Å². The van der Waals surface area contributed by atoms with Crippen LogP contribution in [0.15, 0.2) is 12.1 Å². The van der Waals surface area contributed by atoms with Crippen molar-refractivity contribution in [2.45, 2.75) is 6.42 Å². The van der Waals surface area contributed by atoms with Gasteiger partial charge in [0.05, 0.1) is 11.3 Å². The summed E-state index contributed by atoms with van der Waals surface area (Å²) in [6.07, 6.45) is 0.498. The lowest BCUT2D eigenvalue weighted by molar-refractivity contribution is 0.509. The fraction of sp³-hybridized carbons (Fsp3) is 0.200. The lowest BCUT2D eigenvalue weighted by Gasteiger charge is -1.98. The van der Waals surface area contributed by atoms with Crippen molar-refractivity contribution in [1.82, 2.24) is 0 Å². The largest absolute Gasteiger partial charge is 0.398 e. The molecule has 0 fully saturated rings. The van der Waals surface area contributed by atoms with Crippen LogP contribution in [0.2, 0.25) is 0 Å². The highest BCUT2D eigenvalue weighted by Crippen LogP contribution is 2.15. The second kappa shape index (κ2) is 4.58. The Morgan fingerprint density at radius 2 is 1.86 bits per heavy atom. The Kier molecular flexibility index (Phi) is 3.43. The van der Waals surface area contributed by atoms with E-state index in [1.54, 1.807) is 0 Å². The zero-order valence-electron chi connectivity index (χ0n) is 7.48. The molecule has 0 heterocycles. The van der Waals surface area contributed by atoms with Crippen LogP contribution in [0.4, 0.5) is 14.5 Å².